The van der Waals surface area contributed by atoms with Crippen LogP contribution in [0.3, 0.4) is 0 Å². The molecule has 374 valence electrons. The monoisotopic (exact) mass is 1000 g/mol. The number of ether oxygens (including phenoxy) is 4. The fraction of sp³-hybridized carbons (Fsp3) is 0.500. The zero-order valence-electron chi connectivity index (χ0n) is 39.0. The normalized spacial score (nSPS) is 22.3. The number of fused-ring (bicyclic) bond motifs is 1. The van der Waals surface area contributed by atoms with Crippen molar-refractivity contribution in [2.24, 2.45) is 5.41 Å². The number of anilines is 3. The predicted molar refractivity (Wildman–Crippen MR) is 260 cm³/mol. The Kier molecular flexibility index (Phi) is 17.8. The van der Waals surface area contributed by atoms with E-state index in [4.69, 9.17) is 35.5 Å². The summed E-state index contributed by atoms with van der Waals surface area (Å²) in [5.74, 6) is -1.16. The van der Waals surface area contributed by atoms with Crippen molar-refractivity contribution in [1.82, 2.24) is 30.8 Å². The maximum absolute atomic E-state index is 14.7. The van der Waals surface area contributed by atoms with Gasteiger partial charge in [-0.3, -0.25) is 29.3 Å². The van der Waals surface area contributed by atoms with Gasteiger partial charge in [0.05, 0.1) is 62.6 Å². The van der Waals surface area contributed by atoms with Crippen LogP contribution in [0.25, 0.3) is 0 Å². The number of halogens is 2. The van der Waals surface area contributed by atoms with Crippen molar-refractivity contribution >= 4 is 69.1 Å². The zero-order valence-corrected chi connectivity index (χ0v) is 40.6. The van der Waals surface area contributed by atoms with Crippen LogP contribution in [-0.2, 0) is 46.4 Å². The molecule has 4 heterocycles. The summed E-state index contributed by atoms with van der Waals surface area (Å²) >= 11 is 7.50. The first-order valence-electron chi connectivity index (χ1n) is 24.1. The molecule has 2 saturated carbocycles. The van der Waals surface area contributed by atoms with Crippen LogP contribution in [0.15, 0.2) is 66.2 Å². The molecule has 1 unspecified atom stereocenters. The molecule has 5 N–H and O–H groups in total. The van der Waals surface area contributed by atoms with E-state index in [1.807, 2.05) is 23.6 Å². The Morgan fingerprint density at radius 3 is 2.36 bits per heavy atom. The van der Waals surface area contributed by atoms with Crippen molar-refractivity contribution in [2.75, 3.05) is 56.8 Å². The van der Waals surface area contributed by atoms with Gasteiger partial charge >= 0.3 is 0 Å². The Bertz CT molecular complexity index is 2450. The molecule has 0 bridgehead atoms. The number of carbonyl (C=O) groups excluding carboxylic acids is 5. The van der Waals surface area contributed by atoms with Gasteiger partial charge in [0.15, 0.2) is 16.7 Å². The van der Waals surface area contributed by atoms with Gasteiger partial charge < -0.3 is 45.1 Å². The molecular weight excluding hydrogens is 943 g/mol. The number of rotatable bonds is 23. The predicted octanol–water partition coefficient (Wildman–Crippen LogP) is 6.48. The summed E-state index contributed by atoms with van der Waals surface area (Å²) in [6.45, 7) is 3.09. The van der Waals surface area contributed by atoms with Crippen molar-refractivity contribution < 1.29 is 47.3 Å². The summed E-state index contributed by atoms with van der Waals surface area (Å²) < 4.78 is 37.8. The molecule has 4 aromatic rings. The number of carbonyl (C=O) groups is 5. The summed E-state index contributed by atoms with van der Waals surface area (Å²) in [6, 6.07) is 15.3. The number of aromatic nitrogens is 2. The van der Waals surface area contributed by atoms with Crippen LogP contribution in [0, 0.1) is 11.2 Å². The average Bonchev–Trinajstić information content (AvgIpc) is 3.99. The minimum atomic E-state index is -0.733. The molecule has 1 saturated heterocycles. The van der Waals surface area contributed by atoms with E-state index < -0.39 is 23.2 Å². The first kappa shape index (κ1) is 50.8. The van der Waals surface area contributed by atoms with Gasteiger partial charge in [-0.1, -0.05) is 29.8 Å². The van der Waals surface area contributed by atoms with E-state index in [1.54, 1.807) is 36.5 Å². The molecule has 5 amide bonds. The SMILES string of the molecule is O=C1CCC(N2Cc3c(NC(=O)CCOCCOCCOCCN[C@H]4CC[C@@H](NC(=O)[C@]5(Cc6cccc(Nc7nccs7)n6)CC[C@@H](Oc6cccc(Cl)c6F)CC5)CC4)cccc3C2=O)C(=O)N1. The van der Waals surface area contributed by atoms with Crippen LogP contribution >= 0.6 is 22.9 Å². The number of piperidine rings is 1. The van der Waals surface area contributed by atoms with Gasteiger partial charge in [0, 0.05) is 72.1 Å². The molecule has 2 aromatic heterocycles. The van der Waals surface area contributed by atoms with Gasteiger partial charge in [0.2, 0.25) is 23.6 Å². The second-order valence-electron chi connectivity index (χ2n) is 18.1. The van der Waals surface area contributed by atoms with Gasteiger partial charge in [0.25, 0.3) is 5.91 Å². The summed E-state index contributed by atoms with van der Waals surface area (Å²) in [7, 11) is 0. The Morgan fingerprint density at radius 2 is 1.60 bits per heavy atom. The summed E-state index contributed by atoms with van der Waals surface area (Å²) in [5.41, 5.74) is 1.68. The average molecular weight is 1000 g/mol. The van der Waals surface area contributed by atoms with Crippen molar-refractivity contribution in [3.05, 3.63) is 93.8 Å². The topological polar surface area (TPSA) is 211 Å². The van der Waals surface area contributed by atoms with E-state index in [2.05, 4.69) is 31.6 Å². The number of imide groups is 1. The van der Waals surface area contributed by atoms with Crippen LogP contribution < -0.4 is 31.3 Å². The Balaban J connectivity index is 0.686. The fourth-order valence-corrected chi connectivity index (χ4v) is 10.3. The number of amides is 5. The van der Waals surface area contributed by atoms with E-state index in [0.29, 0.717) is 100 Å². The highest BCUT2D eigenvalue weighted by Crippen LogP contribution is 2.42. The van der Waals surface area contributed by atoms with Crippen LogP contribution in [-0.4, -0.2) is 115 Å². The van der Waals surface area contributed by atoms with E-state index >= 15 is 0 Å². The lowest BCUT2D eigenvalue weighted by molar-refractivity contribution is -0.137. The van der Waals surface area contributed by atoms with Gasteiger partial charge in [0.1, 0.15) is 11.9 Å². The first-order chi connectivity index (χ1) is 34.0. The summed E-state index contributed by atoms with van der Waals surface area (Å²) in [5, 5.41) is 18.1. The van der Waals surface area contributed by atoms with Crippen LogP contribution in [0.2, 0.25) is 5.02 Å². The Labute approximate surface area is 415 Å². The smallest absolute Gasteiger partial charge is 0.255 e. The molecule has 8 rings (SSSR count). The molecule has 20 heteroatoms. The largest absolute Gasteiger partial charge is 0.487 e. The van der Waals surface area contributed by atoms with E-state index in [1.165, 1.54) is 22.3 Å². The lowest BCUT2D eigenvalue weighted by atomic mass is 9.69. The lowest BCUT2D eigenvalue weighted by Gasteiger charge is -2.40. The van der Waals surface area contributed by atoms with Crippen LogP contribution in [0.5, 0.6) is 5.75 Å². The first-order valence-corrected chi connectivity index (χ1v) is 25.4. The minimum absolute atomic E-state index is 0.0131. The maximum atomic E-state index is 14.7. The highest BCUT2D eigenvalue weighted by Gasteiger charge is 2.44. The number of benzene rings is 2. The summed E-state index contributed by atoms with van der Waals surface area (Å²) in [6.07, 6.45) is 8.35. The van der Waals surface area contributed by atoms with Gasteiger partial charge in [-0.05, 0) is 94.2 Å². The molecule has 0 radical (unpaired) electrons. The van der Waals surface area contributed by atoms with Crippen molar-refractivity contribution in [3.63, 3.8) is 0 Å². The lowest BCUT2D eigenvalue weighted by Crippen LogP contribution is -2.52. The second-order valence-corrected chi connectivity index (χ2v) is 19.4. The quantitative estimate of drug-likeness (QED) is 0.0399. The number of thiazole rings is 1. The number of hydrogen-bond acceptors (Lipinski definition) is 14. The van der Waals surface area contributed by atoms with Crippen molar-refractivity contribution in [3.8, 4) is 5.75 Å². The van der Waals surface area contributed by atoms with E-state index in [0.717, 1.165) is 36.5 Å². The third-order valence-corrected chi connectivity index (χ3v) is 14.4. The summed E-state index contributed by atoms with van der Waals surface area (Å²) in [4.78, 5) is 74.8. The number of nitrogens with one attached hydrogen (secondary N) is 5. The minimum Gasteiger partial charge on any atom is -0.487 e. The molecule has 0 spiro atoms. The second kappa shape index (κ2) is 24.5. The molecule has 3 fully saturated rings. The Hall–Kier alpha value is -5.57. The molecule has 70 heavy (non-hydrogen) atoms. The van der Waals surface area contributed by atoms with Gasteiger partial charge in [-0.15, -0.1) is 11.3 Å². The van der Waals surface area contributed by atoms with E-state index in [9.17, 15) is 28.4 Å². The molecule has 2 aliphatic heterocycles. The van der Waals surface area contributed by atoms with Crippen molar-refractivity contribution in [2.45, 2.75) is 108 Å². The number of pyridine rings is 1. The van der Waals surface area contributed by atoms with Crippen molar-refractivity contribution in [1.29, 1.82) is 0 Å². The number of hydrogen-bond donors (Lipinski definition) is 5. The standard InChI is InChI=1S/C50H60ClFN8O9S/c51-38-6-3-8-41(45(38)52)69-35-16-19-50(20-17-35,30-34-4-1-9-42(55-34)58-49-54-22-29-70-49)48(65)56-33-12-10-32(11-13-33)53-21-24-67-26-28-68-27-25-66-23-18-44(62)57-39-7-2-5-36-37(39)31-60(47(36)64)40-14-15-43(61)59-46(40)63/h1-9,22,29,32-33,35,40,53H,10-21,23-28,30-31H2,(H,56,65)(H,57,62)(H,54,55,58)(H,59,61,63)/t32-,33+,35-,40?,50-. The van der Waals surface area contributed by atoms with E-state index in [-0.39, 0.29) is 79.0 Å². The Morgan fingerprint density at radius 1 is 0.871 bits per heavy atom. The molecular formula is C50H60ClFN8O9S. The highest BCUT2D eigenvalue weighted by atomic mass is 35.5. The molecule has 1 atom stereocenters. The van der Waals surface area contributed by atoms with Gasteiger partial charge in [-0.25, -0.2) is 14.4 Å². The maximum Gasteiger partial charge on any atom is 0.255 e. The molecule has 2 aliphatic carbocycles. The third kappa shape index (κ3) is 13.4. The zero-order chi connectivity index (χ0) is 48.9. The van der Waals surface area contributed by atoms with Crippen LogP contribution in [0.1, 0.15) is 92.2 Å². The number of nitrogens with zero attached hydrogens (tertiary/aromatic N) is 3. The van der Waals surface area contributed by atoms with Crippen LogP contribution in [0.4, 0.5) is 21.0 Å². The third-order valence-electron chi connectivity index (χ3n) is 13.4. The highest BCUT2D eigenvalue weighted by molar-refractivity contribution is 7.13. The molecule has 4 aliphatic rings. The molecule has 17 nitrogen and oxygen atoms in total. The fourth-order valence-electron chi connectivity index (χ4n) is 9.63. The molecule has 2 aromatic carbocycles. The van der Waals surface area contributed by atoms with Gasteiger partial charge in [-0.2, -0.15) is 0 Å².